The Labute approximate surface area is 189 Å². The van der Waals surface area contributed by atoms with Gasteiger partial charge in [0.1, 0.15) is 5.82 Å². The van der Waals surface area contributed by atoms with Gasteiger partial charge in [-0.3, -0.25) is 14.9 Å². The van der Waals surface area contributed by atoms with E-state index < -0.39 is 16.4 Å². The van der Waals surface area contributed by atoms with Gasteiger partial charge in [0.15, 0.2) is 5.78 Å². The first-order valence-electron chi connectivity index (χ1n) is 8.68. The first-order valence-corrected chi connectivity index (χ1v) is 10.7. The molecule has 0 spiro atoms. The third kappa shape index (κ3) is 5.31. The van der Waals surface area contributed by atoms with Crippen LogP contribution in [0.5, 0.6) is 0 Å². The molecule has 30 heavy (non-hydrogen) atoms. The van der Waals surface area contributed by atoms with Crippen molar-refractivity contribution in [3.05, 3.63) is 116 Å². The molecule has 0 aliphatic carbocycles. The number of nitro groups is 1. The molecule has 0 bridgehead atoms. The molecule has 0 amide bonds. The van der Waals surface area contributed by atoms with Crippen LogP contribution >= 0.6 is 34.4 Å². The highest BCUT2D eigenvalue weighted by Gasteiger charge is 2.21. The minimum Gasteiger partial charge on any atom is -0.288 e. The number of halogens is 3. The van der Waals surface area contributed by atoms with E-state index in [2.05, 4.69) is 0 Å². The summed E-state index contributed by atoms with van der Waals surface area (Å²) in [6.45, 7) is 0. The zero-order chi connectivity index (χ0) is 21.7. The van der Waals surface area contributed by atoms with Crippen molar-refractivity contribution < 1.29 is 18.5 Å². The SMILES string of the molecule is O=C(C(SCc1ccc(F)cc1)=C(I)c1ccc(F)c([N+](=O)[O-])c1)c1ccccc1. The van der Waals surface area contributed by atoms with E-state index >= 15 is 0 Å². The Morgan fingerprint density at radius 3 is 2.27 bits per heavy atom. The average molecular weight is 537 g/mol. The molecule has 8 heteroatoms. The lowest BCUT2D eigenvalue weighted by molar-refractivity contribution is -0.387. The van der Waals surface area contributed by atoms with Crippen LogP contribution in [0.2, 0.25) is 0 Å². The van der Waals surface area contributed by atoms with E-state index in [9.17, 15) is 23.7 Å². The van der Waals surface area contributed by atoms with Crippen molar-refractivity contribution in [3.63, 3.8) is 0 Å². The predicted octanol–water partition coefficient (Wildman–Crippen LogP) is 6.79. The van der Waals surface area contributed by atoms with Crippen LogP contribution in [-0.4, -0.2) is 10.7 Å². The summed E-state index contributed by atoms with van der Waals surface area (Å²) in [5.41, 5.74) is 0.991. The minimum absolute atomic E-state index is 0.251. The molecule has 0 N–H and O–H groups in total. The third-order valence-corrected chi connectivity index (χ3v) is 6.82. The van der Waals surface area contributed by atoms with E-state index in [0.29, 0.717) is 25.4 Å². The van der Waals surface area contributed by atoms with E-state index in [4.69, 9.17) is 0 Å². The second-order valence-corrected chi connectivity index (χ2v) is 8.24. The summed E-state index contributed by atoms with van der Waals surface area (Å²) in [5.74, 6) is -1.15. The fraction of sp³-hybridized carbons (Fsp3) is 0.0455. The predicted molar refractivity (Wildman–Crippen MR) is 122 cm³/mol. The van der Waals surface area contributed by atoms with E-state index in [0.717, 1.165) is 17.7 Å². The Morgan fingerprint density at radius 2 is 1.63 bits per heavy atom. The van der Waals surface area contributed by atoms with Crippen LogP contribution in [0.25, 0.3) is 3.58 Å². The van der Waals surface area contributed by atoms with Gasteiger partial charge in [0.25, 0.3) is 0 Å². The van der Waals surface area contributed by atoms with Gasteiger partial charge in [-0.25, -0.2) is 4.39 Å². The highest BCUT2D eigenvalue weighted by atomic mass is 127. The first kappa shape index (κ1) is 22.1. The van der Waals surface area contributed by atoms with Gasteiger partial charge in [0.2, 0.25) is 5.82 Å². The lowest BCUT2D eigenvalue weighted by Crippen LogP contribution is -2.03. The molecular formula is C22H14F2INO3S. The van der Waals surface area contributed by atoms with Gasteiger partial charge < -0.3 is 0 Å². The number of carbonyl (C=O) groups is 1. The average Bonchev–Trinajstić information content (AvgIpc) is 2.75. The molecule has 0 radical (unpaired) electrons. The number of nitro benzene ring substituents is 1. The molecule has 0 unspecified atom stereocenters. The van der Waals surface area contributed by atoms with E-state index in [1.54, 1.807) is 42.5 Å². The smallest absolute Gasteiger partial charge is 0.288 e. The van der Waals surface area contributed by atoms with E-state index in [-0.39, 0.29) is 11.6 Å². The topological polar surface area (TPSA) is 60.2 Å². The molecule has 0 heterocycles. The number of allylic oxidation sites excluding steroid dienone is 1. The molecule has 3 aromatic carbocycles. The zero-order valence-electron chi connectivity index (χ0n) is 15.3. The molecule has 152 valence electrons. The van der Waals surface area contributed by atoms with Crippen LogP contribution in [-0.2, 0) is 5.75 Å². The highest BCUT2D eigenvalue weighted by Crippen LogP contribution is 2.37. The molecule has 0 aliphatic rings. The zero-order valence-corrected chi connectivity index (χ0v) is 18.3. The Hall–Kier alpha value is -2.59. The molecule has 0 fully saturated rings. The Morgan fingerprint density at radius 1 is 0.967 bits per heavy atom. The van der Waals surface area contributed by atoms with Crippen molar-refractivity contribution in [2.75, 3.05) is 0 Å². The van der Waals surface area contributed by atoms with Crippen LogP contribution in [0.15, 0.2) is 77.7 Å². The number of nitrogens with zero attached hydrogens (tertiary/aromatic N) is 1. The number of hydrogen-bond acceptors (Lipinski definition) is 4. The highest BCUT2D eigenvalue weighted by molar-refractivity contribution is 14.1. The van der Waals surface area contributed by atoms with E-state index in [1.807, 2.05) is 22.6 Å². The number of rotatable bonds is 7. The number of ketones is 1. The van der Waals surface area contributed by atoms with Crippen LogP contribution in [0.3, 0.4) is 0 Å². The van der Waals surface area contributed by atoms with Crippen LogP contribution in [0, 0.1) is 21.7 Å². The fourth-order valence-corrected chi connectivity index (χ4v) is 4.65. The maximum atomic E-state index is 13.7. The number of thioether (sulfide) groups is 1. The molecule has 0 aromatic heterocycles. The second kappa shape index (κ2) is 9.94. The molecule has 0 saturated carbocycles. The van der Waals surface area contributed by atoms with Crippen LogP contribution in [0.4, 0.5) is 14.5 Å². The summed E-state index contributed by atoms with van der Waals surface area (Å²) in [5, 5.41) is 11.1. The number of benzene rings is 3. The van der Waals surface area contributed by atoms with Gasteiger partial charge in [-0.1, -0.05) is 48.5 Å². The summed E-state index contributed by atoms with van der Waals surface area (Å²) in [6.07, 6.45) is 0. The summed E-state index contributed by atoms with van der Waals surface area (Å²) >= 11 is 3.19. The second-order valence-electron chi connectivity index (χ2n) is 6.18. The van der Waals surface area contributed by atoms with Gasteiger partial charge in [0, 0.05) is 21.0 Å². The standard InChI is InChI=1S/C22H14F2INO3S/c23-17-9-6-14(7-10-17)13-30-22(21(27)15-4-2-1-3-5-15)20(25)16-8-11-18(24)19(12-16)26(28)29/h1-12H,13H2. The van der Waals surface area contributed by atoms with Gasteiger partial charge in [0.05, 0.1) is 9.83 Å². The summed E-state index contributed by atoms with van der Waals surface area (Å²) < 4.78 is 27.4. The normalized spacial score (nSPS) is 11.7. The Balaban J connectivity index is 2.03. The van der Waals surface area contributed by atoms with Crippen molar-refractivity contribution in [3.8, 4) is 0 Å². The largest absolute Gasteiger partial charge is 0.305 e. The van der Waals surface area contributed by atoms with Gasteiger partial charge in [-0.15, -0.1) is 11.8 Å². The molecule has 0 saturated heterocycles. The van der Waals surface area contributed by atoms with Crippen molar-refractivity contribution in [1.29, 1.82) is 0 Å². The molecule has 3 aromatic rings. The van der Waals surface area contributed by atoms with Crippen molar-refractivity contribution >= 4 is 49.4 Å². The van der Waals surface area contributed by atoms with Crippen molar-refractivity contribution in [2.45, 2.75) is 5.75 Å². The van der Waals surface area contributed by atoms with Gasteiger partial charge >= 0.3 is 5.69 Å². The summed E-state index contributed by atoms with van der Waals surface area (Å²) in [6, 6.07) is 18.1. The first-order chi connectivity index (χ1) is 14.4. The maximum absolute atomic E-state index is 13.7. The summed E-state index contributed by atoms with van der Waals surface area (Å²) in [7, 11) is 0. The minimum atomic E-state index is -0.942. The summed E-state index contributed by atoms with van der Waals surface area (Å²) in [4.78, 5) is 23.8. The lowest BCUT2D eigenvalue weighted by Gasteiger charge is -2.11. The lowest BCUT2D eigenvalue weighted by atomic mass is 10.1. The van der Waals surface area contributed by atoms with Crippen molar-refractivity contribution in [1.82, 2.24) is 0 Å². The Bertz CT molecular complexity index is 1120. The van der Waals surface area contributed by atoms with Crippen LogP contribution in [0.1, 0.15) is 21.5 Å². The van der Waals surface area contributed by atoms with Gasteiger partial charge in [-0.2, -0.15) is 4.39 Å². The third-order valence-electron chi connectivity index (χ3n) is 4.13. The molecule has 0 atom stereocenters. The number of Topliss-reactive ketones (excluding diaryl/α,β-unsaturated/α-hetero) is 1. The fourth-order valence-electron chi connectivity index (χ4n) is 2.61. The quantitative estimate of drug-likeness (QED) is 0.110. The number of hydrogen-bond donors (Lipinski definition) is 0. The van der Waals surface area contributed by atoms with Crippen molar-refractivity contribution in [2.24, 2.45) is 0 Å². The van der Waals surface area contributed by atoms with Gasteiger partial charge in [-0.05, 0) is 51.9 Å². The molecule has 4 nitrogen and oxygen atoms in total. The van der Waals surface area contributed by atoms with Crippen LogP contribution < -0.4 is 0 Å². The molecule has 3 rings (SSSR count). The molecular weight excluding hydrogens is 523 g/mol. The maximum Gasteiger partial charge on any atom is 0.305 e. The van der Waals surface area contributed by atoms with E-state index in [1.165, 1.54) is 30.0 Å². The monoisotopic (exact) mass is 537 g/mol. The number of carbonyl (C=O) groups excluding carboxylic acids is 1. The Kier molecular flexibility index (Phi) is 7.33. The molecule has 0 aliphatic heterocycles.